The summed E-state index contributed by atoms with van der Waals surface area (Å²) in [4.78, 5) is 15.2. The Hall–Kier alpha value is -6.39. The molecule has 0 bridgehead atoms. The number of allylic oxidation sites excluding steroid dienone is 3. The van der Waals surface area contributed by atoms with Crippen LogP contribution in [0.5, 0.6) is 0 Å². The molecule has 0 saturated carbocycles. The van der Waals surface area contributed by atoms with Crippen LogP contribution in [0.15, 0.2) is 174 Å². The number of hydrogen-bond acceptors (Lipinski definition) is 4. The van der Waals surface area contributed by atoms with Gasteiger partial charge in [-0.1, -0.05) is 158 Å². The standard InChI is InChI=1S/C44H31N3O/c1-2-3-19-34(30-15-6-4-7-16-30)31-26-28-33(29-27-31)43-45-42(32-17-8-5-9-18-32)46-44(47-43)37-21-11-10-20-35(37)36-23-14-25-40-41(36)38-22-12-13-24-39(38)48-40/h2-29H,1H3/b3-2-,34-19+. The molecule has 0 N–H and O–H groups in total. The zero-order valence-corrected chi connectivity index (χ0v) is 26.4. The summed E-state index contributed by atoms with van der Waals surface area (Å²) in [6, 6.07) is 51.7. The SMILES string of the molecule is C/C=C\C=C(/c1ccccc1)c1ccc(-c2nc(-c3ccccc3)nc(-c3ccccc3-c3cccc4oc5ccccc5c34)n2)cc1. The minimum Gasteiger partial charge on any atom is -0.456 e. The van der Waals surface area contributed by atoms with E-state index in [4.69, 9.17) is 19.4 Å². The second-order valence-electron chi connectivity index (χ2n) is 11.5. The number of hydrogen-bond donors (Lipinski definition) is 0. The van der Waals surface area contributed by atoms with Crippen molar-refractivity contribution >= 4 is 27.5 Å². The van der Waals surface area contributed by atoms with Gasteiger partial charge in [-0.05, 0) is 46.9 Å². The van der Waals surface area contributed by atoms with Gasteiger partial charge in [-0.25, -0.2) is 15.0 Å². The molecule has 48 heavy (non-hydrogen) atoms. The summed E-state index contributed by atoms with van der Waals surface area (Å²) in [5.74, 6) is 1.85. The third-order valence-corrected chi connectivity index (χ3v) is 8.52. The first-order chi connectivity index (χ1) is 23.8. The summed E-state index contributed by atoms with van der Waals surface area (Å²) in [5, 5.41) is 2.16. The Labute approximate surface area is 279 Å². The van der Waals surface area contributed by atoms with Gasteiger partial charge < -0.3 is 4.42 Å². The summed E-state index contributed by atoms with van der Waals surface area (Å²) in [6.45, 7) is 2.03. The van der Waals surface area contributed by atoms with Crippen molar-refractivity contribution in [2.45, 2.75) is 6.92 Å². The topological polar surface area (TPSA) is 51.8 Å². The number of furan rings is 1. The monoisotopic (exact) mass is 617 g/mol. The zero-order valence-electron chi connectivity index (χ0n) is 26.4. The fourth-order valence-electron chi connectivity index (χ4n) is 6.22. The second kappa shape index (κ2) is 12.8. The largest absolute Gasteiger partial charge is 0.456 e. The van der Waals surface area contributed by atoms with Crippen LogP contribution >= 0.6 is 0 Å². The molecule has 0 atom stereocenters. The molecule has 228 valence electrons. The Balaban J connectivity index is 1.28. The van der Waals surface area contributed by atoms with Crippen LogP contribution in [-0.4, -0.2) is 15.0 Å². The van der Waals surface area contributed by atoms with Gasteiger partial charge in [-0.15, -0.1) is 0 Å². The van der Waals surface area contributed by atoms with Crippen molar-refractivity contribution < 1.29 is 4.42 Å². The molecular weight excluding hydrogens is 587 g/mol. The molecule has 0 unspecified atom stereocenters. The number of para-hydroxylation sites is 1. The third kappa shape index (κ3) is 5.50. The van der Waals surface area contributed by atoms with Crippen LogP contribution in [0, 0.1) is 0 Å². The molecule has 0 aliphatic heterocycles. The lowest BCUT2D eigenvalue weighted by atomic mass is 9.95. The molecule has 4 nitrogen and oxygen atoms in total. The van der Waals surface area contributed by atoms with Gasteiger partial charge in [-0.3, -0.25) is 0 Å². The van der Waals surface area contributed by atoms with E-state index < -0.39 is 0 Å². The highest BCUT2D eigenvalue weighted by Crippen LogP contribution is 2.40. The molecular formula is C44H31N3O. The van der Waals surface area contributed by atoms with Crippen LogP contribution in [0.1, 0.15) is 18.1 Å². The smallest absolute Gasteiger partial charge is 0.164 e. The minimum atomic E-state index is 0.612. The van der Waals surface area contributed by atoms with Gasteiger partial charge in [0, 0.05) is 27.5 Å². The van der Waals surface area contributed by atoms with Gasteiger partial charge in [0.2, 0.25) is 0 Å². The summed E-state index contributed by atoms with van der Waals surface area (Å²) in [6.07, 6.45) is 6.27. The summed E-state index contributed by atoms with van der Waals surface area (Å²) in [5.41, 5.74) is 10.0. The molecule has 8 aromatic rings. The lowest BCUT2D eigenvalue weighted by molar-refractivity contribution is 0.669. The van der Waals surface area contributed by atoms with E-state index in [2.05, 4.69) is 97.1 Å². The van der Waals surface area contributed by atoms with Gasteiger partial charge in [0.25, 0.3) is 0 Å². The molecule has 0 spiro atoms. The summed E-state index contributed by atoms with van der Waals surface area (Å²) < 4.78 is 6.24. The van der Waals surface area contributed by atoms with Crippen LogP contribution < -0.4 is 0 Å². The Morgan fingerprint density at radius 2 is 1.04 bits per heavy atom. The van der Waals surface area contributed by atoms with E-state index in [-0.39, 0.29) is 0 Å². The summed E-state index contributed by atoms with van der Waals surface area (Å²) >= 11 is 0. The molecule has 0 saturated heterocycles. The van der Waals surface area contributed by atoms with Crippen LogP contribution in [-0.2, 0) is 0 Å². The summed E-state index contributed by atoms with van der Waals surface area (Å²) in [7, 11) is 0. The van der Waals surface area contributed by atoms with Gasteiger partial charge >= 0.3 is 0 Å². The molecule has 6 aromatic carbocycles. The predicted octanol–water partition coefficient (Wildman–Crippen LogP) is 11.4. The van der Waals surface area contributed by atoms with Crippen molar-refractivity contribution in [3.63, 3.8) is 0 Å². The normalized spacial score (nSPS) is 11.9. The Morgan fingerprint density at radius 3 is 1.79 bits per heavy atom. The quantitative estimate of drug-likeness (QED) is 0.167. The Bertz CT molecular complexity index is 2440. The van der Waals surface area contributed by atoms with Gasteiger partial charge in [-0.2, -0.15) is 0 Å². The predicted molar refractivity (Wildman–Crippen MR) is 197 cm³/mol. The molecule has 0 aliphatic rings. The van der Waals surface area contributed by atoms with E-state index >= 15 is 0 Å². The maximum atomic E-state index is 6.24. The molecule has 8 rings (SSSR count). The van der Waals surface area contributed by atoms with E-state index in [0.29, 0.717) is 17.5 Å². The van der Waals surface area contributed by atoms with Gasteiger partial charge in [0.15, 0.2) is 17.5 Å². The Kier molecular flexibility index (Phi) is 7.73. The van der Waals surface area contributed by atoms with Crippen LogP contribution in [0.4, 0.5) is 0 Å². The first-order valence-electron chi connectivity index (χ1n) is 16.1. The highest BCUT2D eigenvalue weighted by Gasteiger charge is 2.19. The van der Waals surface area contributed by atoms with Gasteiger partial charge in [0.05, 0.1) is 0 Å². The van der Waals surface area contributed by atoms with Crippen LogP contribution in [0.2, 0.25) is 0 Å². The van der Waals surface area contributed by atoms with Gasteiger partial charge in [0.1, 0.15) is 11.2 Å². The maximum absolute atomic E-state index is 6.24. The van der Waals surface area contributed by atoms with E-state index in [9.17, 15) is 0 Å². The molecule has 0 radical (unpaired) electrons. The second-order valence-corrected chi connectivity index (χ2v) is 11.5. The van der Waals surface area contributed by atoms with Crippen molar-refractivity contribution in [2.24, 2.45) is 0 Å². The number of fused-ring (bicyclic) bond motifs is 3. The van der Waals surface area contributed by atoms with E-state index in [1.165, 1.54) is 0 Å². The van der Waals surface area contributed by atoms with Crippen molar-refractivity contribution in [3.8, 4) is 45.3 Å². The fraction of sp³-hybridized carbons (Fsp3) is 0.0227. The number of nitrogens with zero attached hydrogens (tertiary/aromatic N) is 3. The lowest BCUT2D eigenvalue weighted by Gasteiger charge is -2.13. The van der Waals surface area contributed by atoms with E-state index in [1.807, 2.05) is 79.7 Å². The average Bonchev–Trinajstić information content (AvgIpc) is 3.55. The van der Waals surface area contributed by atoms with Crippen molar-refractivity contribution in [1.29, 1.82) is 0 Å². The zero-order chi connectivity index (χ0) is 32.3. The third-order valence-electron chi connectivity index (χ3n) is 8.52. The highest BCUT2D eigenvalue weighted by molar-refractivity contribution is 6.13. The maximum Gasteiger partial charge on any atom is 0.164 e. The van der Waals surface area contributed by atoms with Crippen molar-refractivity contribution in [1.82, 2.24) is 15.0 Å². The molecule has 0 aliphatic carbocycles. The van der Waals surface area contributed by atoms with Crippen molar-refractivity contribution in [2.75, 3.05) is 0 Å². The molecule has 2 aromatic heterocycles. The Morgan fingerprint density at radius 1 is 0.479 bits per heavy atom. The lowest BCUT2D eigenvalue weighted by Crippen LogP contribution is -2.01. The molecule has 4 heteroatoms. The van der Waals surface area contributed by atoms with E-state index in [1.54, 1.807) is 0 Å². The van der Waals surface area contributed by atoms with Crippen molar-refractivity contribution in [3.05, 3.63) is 181 Å². The minimum absolute atomic E-state index is 0.612. The fourth-order valence-corrected chi connectivity index (χ4v) is 6.22. The highest BCUT2D eigenvalue weighted by atomic mass is 16.3. The number of aromatic nitrogens is 3. The average molecular weight is 618 g/mol. The first kappa shape index (κ1) is 29.0. The molecule has 2 heterocycles. The van der Waals surface area contributed by atoms with Crippen LogP contribution in [0.3, 0.4) is 0 Å². The number of benzene rings is 6. The molecule has 0 amide bonds. The van der Waals surface area contributed by atoms with E-state index in [0.717, 1.165) is 66.5 Å². The molecule has 0 fully saturated rings. The number of rotatable bonds is 7. The first-order valence-corrected chi connectivity index (χ1v) is 16.1. The van der Waals surface area contributed by atoms with Crippen LogP contribution in [0.25, 0.3) is 72.8 Å².